The van der Waals surface area contributed by atoms with Crippen LogP contribution in [-0.2, 0) is 6.42 Å². The van der Waals surface area contributed by atoms with Gasteiger partial charge in [-0.2, -0.15) is 0 Å². The van der Waals surface area contributed by atoms with Crippen LogP contribution < -0.4 is 33.7 Å². The summed E-state index contributed by atoms with van der Waals surface area (Å²) >= 11 is 0. The first-order chi connectivity index (χ1) is 14.3. The van der Waals surface area contributed by atoms with Crippen LogP contribution in [0.4, 0.5) is 0 Å². The molecule has 2 aromatic rings. The number of benzene rings is 2. The summed E-state index contributed by atoms with van der Waals surface area (Å²) in [5.74, 6) is 4.63. The molecule has 29 heavy (non-hydrogen) atoms. The molecule has 7 nitrogen and oxygen atoms in total. The smallest absolute Gasteiger partial charge is 0.231 e. The SMILES string of the molecule is c1cc2c(cc1OCCCNCC1COc3cc4c(cc3O1)OCO4)OCCC2. The number of nitrogens with one attached hydrogen (secondary N) is 1. The first-order valence-electron chi connectivity index (χ1n) is 10.2. The molecule has 154 valence electrons. The van der Waals surface area contributed by atoms with Crippen molar-refractivity contribution in [2.24, 2.45) is 0 Å². The zero-order valence-corrected chi connectivity index (χ0v) is 16.3. The van der Waals surface area contributed by atoms with E-state index in [2.05, 4.69) is 11.4 Å². The lowest BCUT2D eigenvalue weighted by Crippen LogP contribution is -2.39. The fourth-order valence-electron chi connectivity index (χ4n) is 3.67. The molecule has 0 bridgehead atoms. The maximum absolute atomic E-state index is 6.02. The Morgan fingerprint density at radius 2 is 1.79 bits per heavy atom. The summed E-state index contributed by atoms with van der Waals surface area (Å²) in [6.45, 7) is 3.74. The summed E-state index contributed by atoms with van der Waals surface area (Å²) in [5, 5.41) is 3.41. The highest BCUT2D eigenvalue weighted by Gasteiger charge is 2.25. The van der Waals surface area contributed by atoms with Gasteiger partial charge in [-0.15, -0.1) is 0 Å². The van der Waals surface area contributed by atoms with Crippen LogP contribution in [0.25, 0.3) is 0 Å². The third kappa shape index (κ3) is 4.15. The van der Waals surface area contributed by atoms with Crippen molar-refractivity contribution in [1.29, 1.82) is 0 Å². The Kier molecular flexibility index (Phi) is 5.21. The molecule has 0 aromatic heterocycles. The number of rotatable bonds is 7. The standard InChI is InChI=1S/C22H25NO6/c1-3-15-4-5-16(9-18(15)25-7-1)24-8-2-6-23-12-17-13-26-21-10-19-20(28-14-27-19)11-22(21)29-17/h4-5,9-11,17,23H,1-3,6-8,12-14H2. The van der Waals surface area contributed by atoms with Crippen LogP contribution in [0.5, 0.6) is 34.5 Å². The van der Waals surface area contributed by atoms with Crippen LogP contribution in [0.2, 0.25) is 0 Å². The molecule has 0 amide bonds. The van der Waals surface area contributed by atoms with Gasteiger partial charge in [0.25, 0.3) is 0 Å². The average Bonchev–Trinajstić information content (AvgIpc) is 3.21. The van der Waals surface area contributed by atoms with Gasteiger partial charge < -0.3 is 33.7 Å². The molecular formula is C22H25NO6. The molecule has 0 spiro atoms. The van der Waals surface area contributed by atoms with E-state index in [-0.39, 0.29) is 12.9 Å². The van der Waals surface area contributed by atoms with Crippen LogP contribution in [0, 0.1) is 0 Å². The Morgan fingerprint density at radius 1 is 0.931 bits per heavy atom. The van der Waals surface area contributed by atoms with E-state index in [4.69, 9.17) is 28.4 Å². The fraction of sp³-hybridized carbons (Fsp3) is 0.455. The molecular weight excluding hydrogens is 374 g/mol. The highest BCUT2D eigenvalue weighted by molar-refractivity contribution is 5.55. The summed E-state index contributed by atoms with van der Waals surface area (Å²) in [5.41, 5.74) is 1.27. The van der Waals surface area contributed by atoms with Gasteiger partial charge in [-0.3, -0.25) is 0 Å². The zero-order valence-electron chi connectivity index (χ0n) is 16.3. The topological polar surface area (TPSA) is 67.4 Å². The summed E-state index contributed by atoms with van der Waals surface area (Å²) in [6, 6.07) is 9.78. The molecule has 1 unspecified atom stereocenters. The molecule has 0 saturated heterocycles. The second-order valence-electron chi connectivity index (χ2n) is 7.33. The first-order valence-corrected chi connectivity index (χ1v) is 10.2. The van der Waals surface area contributed by atoms with Crippen LogP contribution >= 0.6 is 0 Å². The molecule has 2 aromatic carbocycles. The van der Waals surface area contributed by atoms with E-state index in [9.17, 15) is 0 Å². The summed E-state index contributed by atoms with van der Waals surface area (Å²) < 4.78 is 34.1. The van der Waals surface area contributed by atoms with Gasteiger partial charge >= 0.3 is 0 Å². The Morgan fingerprint density at radius 3 is 2.72 bits per heavy atom. The summed E-state index contributed by atoms with van der Waals surface area (Å²) in [6.07, 6.45) is 3.03. The number of aryl methyl sites for hydroxylation is 1. The van der Waals surface area contributed by atoms with Crippen molar-refractivity contribution >= 4 is 0 Å². The minimum absolute atomic E-state index is 0.0402. The molecule has 1 N–H and O–H groups in total. The lowest BCUT2D eigenvalue weighted by molar-refractivity contribution is 0.0899. The second kappa shape index (κ2) is 8.29. The van der Waals surface area contributed by atoms with Crippen molar-refractivity contribution in [2.75, 3.05) is 39.7 Å². The quantitative estimate of drug-likeness (QED) is 0.718. The predicted octanol–water partition coefficient (Wildman–Crippen LogP) is 2.94. The summed E-state index contributed by atoms with van der Waals surface area (Å²) in [4.78, 5) is 0. The van der Waals surface area contributed by atoms with E-state index in [1.165, 1.54) is 5.56 Å². The molecule has 0 radical (unpaired) electrons. The van der Waals surface area contributed by atoms with Gasteiger partial charge in [0, 0.05) is 24.7 Å². The van der Waals surface area contributed by atoms with Crippen LogP contribution in [-0.4, -0.2) is 45.8 Å². The molecule has 3 heterocycles. The maximum atomic E-state index is 6.02. The van der Waals surface area contributed by atoms with Crippen LogP contribution in [0.3, 0.4) is 0 Å². The van der Waals surface area contributed by atoms with Crippen molar-refractivity contribution in [3.05, 3.63) is 35.9 Å². The molecule has 5 rings (SSSR count). The van der Waals surface area contributed by atoms with Gasteiger partial charge in [-0.25, -0.2) is 0 Å². The third-order valence-electron chi connectivity index (χ3n) is 5.18. The van der Waals surface area contributed by atoms with Gasteiger partial charge in [0.15, 0.2) is 23.0 Å². The minimum Gasteiger partial charge on any atom is -0.493 e. The number of ether oxygens (including phenoxy) is 6. The van der Waals surface area contributed by atoms with Crippen LogP contribution in [0.15, 0.2) is 30.3 Å². The molecule has 0 saturated carbocycles. The van der Waals surface area contributed by atoms with Crippen molar-refractivity contribution in [1.82, 2.24) is 5.32 Å². The van der Waals surface area contributed by atoms with Crippen molar-refractivity contribution in [3.8, 4) is 34.5 Å². The van der Waals surface area contributed by atoms with Crippen molar-refractivity contribution in [3.63, 3.8) is 0 Å². The van der Waals surface area contributed by atoms with Gasteiger partial charge in [0.05, 0.1) is 13.2 Å². The third-order valence-corrected chi connectivity index (χ3v) is 5.18. The molecule has 0 fully saturated rings. The largest absolute Gasteiger partial charge is 0.493 e. The monoisotopic (exact) mass is 399 g/mol. The molecule has 0 aliphatic carbocycles. The molecule has 1 atom stereocenters. The molecule has 7 heteroatoms. The van der Waals surface area contributed by atoms with E-state index in [0.29, 0.717) is 42.8 Å². The van der Waals surface area contributed by atoms with Gasteiger partial charge in [-0.1, -0.05) is 6.07 Å². The number of hydrogen-bond acceptors (Lipinski definition) is 7. The van der Waals surface area contributed by atoms with Crippen LogP contribution in [0.1, 0.15) is 18.4 Å². The van der Waals surface area contributed by atoms with Gasteiger partial charge in [0.1, 0.15) is 24.2 Å². The Labute approximate surface area is 169 Å². The lowest BCUT2D eigenvalue weighted by Gasteiger charge is -2.27. The Balaban J connectivity index is 1.02. The number of hydrogen-bond donors (Lipinski definition) is 1. The minimum atomic E-state index is -0.0402. The summed E-state index contributed by atoms with van der Waals surface area (Å²) in [7, 11) is 0. The lowest BCUT2D eigenvalue weighted by atomic mass is 10.1. The molecule has 3 aliphatic rings. The zero-order chi connectivity index (χ0) is 19.5. The highest BCUT2D eigenvalue weighted by Crippen LogP contribution is 2.43. The van der Waals surface area contributed by atoms with Gasteiger partial charge in [-0.05, 0) is 37.4 Å². The van der Waals surface area contributed by atoms with E-state index in [0.717, 1.165) is 43.9 Å². The Bertz CT molecular complexity index is 871. The average molecular weight is 399 g/mol. The van der Waals surface area contributed by atoms with E-state index >= 15 is 0 Å². The Hall–Kier alpha value is -2.80. The highest BCUT2D eigenvalue weighted by atomic mass is 16.7. The van der Waals surface area contributed by atoms with Crippen molar-refractivity contribution in [2.45, 2.75) is 25.4 Å². The predicted molar refractivity (Wildman–Crippen MR) is 106 cm³/mol. The first kappa shape index (κ1) is 18.2. The molecule has 3 aliphatic heterocycles. The number of fused-ring (bicyclic) bond motifs is 3. The maximum Gasteiger partial charge on any atom is 0.231 e. The van der Waals surface area contributed by atoms with E-state index < -0.39 is 0 Å². The van der Waals surface area contributed by atoms with Gasteiger partial charge in [0.2, 0.25) is 6.79 Å². The van der Waals surface area contributed by atoms with E-state index in [1.54, 1.807) is 0 Å². The second-order valence-corrected chi connectivity index (χ2v) is 7.33. The van der Waals surface area contributed by atoms with Crippen molar-refractivity contribution < 1.29 is 28.4 Å². The normalized spacial score (nSPS) is 18.7. The van der Waals surface area contributed by atoms with E-state index in [1.807, 2.05) is 24.3 Å². The fourth-order valence-corrected chi connectivity index (χ4v) is 3.67.